The van der Waals surface area contributed by atoms with E-state index in [0.29, 0.717) is 11.1 Å². The van der Waals surface area contributed by atoms with Gasteiger partial charge in [-0.25, -0.2) is 0 Å². The number of esters is 4. The molecular formula is C35H38O15. The Morgan fingerprint density at radius 1 is 0.720 bits per heavy atom. The van der Waals surface area contributed by atoms with Crippen molar-refractivity contribution in [1.29, 1.82) is 0 Å². The zero-order valence-corrected chi connectivity index (χ0v) is 28.1. The first-order valence-corrected chi connectivity index (χ1v) is 15.0. The quantitative estimate of drug-likeness (QED) is 0.0952. The largest absolute Gasteiger partial charge is 0.508 e. The Balaban J connectivity index is 1.85. The molecule has 3 rings (SSSR count). The summed E-state index contributed by atoms with van der Waals surface area (Å²) in [6.45, 7) is 4.05. The molecule has 1 aliphatic rings. The van der Waals surface area contributed by atoms with E-state index in [1.807, 2.05) is 0 Å². The van der Waals surface area contributed by atoms with Gasteiger partial charge < -0.3 is 48.1 Å². The van der Waals surface area contributed by atoms with Gasteiger partial charge in [-0.1, -0.05) is 24.3 Å². The molecule has 50 heavy (non-hydrogen) atoms. The molecule has 268 valence electrons. The number of aliphatic hydroxyl groups excluding tert-OH is 1. The highest BCUT2D eigenvalue weighted by Crippen LogP contribution is 2.35. The van der Waals surface area contributed by atoms with Crippen molar-refractivity contribution in [2.75, 3.05) is 20.8 Å². The Morgan fingerprint density at radius 2 is 1.28 bits per heavy atom. The number of hydrogen-bond acceptors (Lipinski definition) is 15. The molecule has 1 fully saturated rings. The molecule has 2 N–H and O–H groups in total. The number of ether oxygens (including phenoxy) is 8. The molecule has 1 saturated heterocycles. The lowest BCUT2D eigenvalue weighted by molar-refractivity contribution is -0.288. The molecule has 0 saturated carbocycles. The molecule has 0 spiro atoms. The normalized spacial score (nSPS) is 20.5. The van der Waals surface area contributed by atoms with Gasteiger partial charge in [0, 0.05) is 33.8 Å². The summed E-state index contributed by atoms with van der Waals surface area (Å²) in [4.78, 5) is 60.1. The Labute approximate surface area is 287 Å². The van der Waals surface area contributed by atoms with Gasteiger partial charge in [0.1, 0.15) is 18.5 Å². The van der Waals surface area contributed by atoms with Crippen molar-refractivity contribution in [2.45, 2.75) is 58.4 Å². The van der Waals surface area contributed by atoms with E-state index >= 15 is 0 Å². The van der Waals surface area contributed by atoms with Crippen LogP contribution in [0.2, 0.25) is 0 Å². The van der Waals surface area contributed by atoms with Crippen LogP contribution < -0.4 is 14.2 Å². The van der Waals surface area contributed by atoms with Crippen LogP contribution in [-0.2, 0) is 47.7 Å². The number of phenols is 1. The number of ketones is 1. The molecule has 0 unspecified atom stereocenters. The van der Waals surface area contributed by atoms with Crippen LogP contribution in [0.1, 0.15) is 38.8 Å². The lowest BCUT2D eigenvalue weighted by Gasteiger charge is -2.44. The fourth-order valence-corrected chi connectivity index (χ4v) is 4.69. The SMILES string of the molecule is COc1cc(/C=C/C(=O)/C=C(O)/C=C/c2ccc(O[C@@H]3O[C@H](COC(C)=O)[C@H](OC(C)=O)[C@H](OC(C)=O)[C@H]3OC(C)=O)c(OC)c2)ccc1O. The summed E-state index contributed by atoms with van der Waals surface area (Å²) in [5.74, 6) is -3.44. The number of hydrogen-bond donors (Lipinski definition) is 2. The smallest absolute Gasteiger partial charge is 0.303 e. The molecule has 1 aliphatic heterocycles. The first-order valence-electron chi connectivity index (χ1n) is 15.0. The van der Waals surface area contributed by atoms with E-state index in [0.717, 1.165) is 33.8 Å². The van der Waals surface area contributed by atoms with Crippen LogP contribution in [0.25, 0.3) is 12.2 Å². The van der Waals surface area contributed by atoms with E-state index < -0.39 is 67.0 Å². The van der Waals surface area contributed by atoms with E-state index in [1.54, 1.807) is 18.2 Å². The minimum atomic E-state index is -1.49. The summed E-state index contributed by atoms with van der Waals surface area (Å²) in [7, 11) is 2.76. The highest BCUT2D eigenvalue weighted by Gasteiger charge is 2.53. The summed E-state index contributed by atoms with van der Waals surface area (Å²) in [5, 5.41) is 20.0. The van der Waals surface area contributed by atoms with Gasteiger partial charge in [-0.2, -0.15) is 0 Å². The summed E-state index contributed by atoms with van der Waals surface area (Å²) in [6.07, 6.45) is -0.428. The third kappa shape index (κ3) is 11.4. The minimum absolute atomic E-state index is 0.0458. The average molecular weight is 699 g/mol. The van der Waals surface area contributed by atoms with Crippen LogP contribution in [0.5, 0.6) is 23.0 Å². The predicted molar refractivity (Wildman–Crippen MR) is 174 cm³/mol. The Hall–Kier alpha value is -5.83. The monoisotopic (exact) mass is 698 g/mol. The van der Waals surface area contributed by atoms with Crippen molar-refractivity contribution < 1.29 is 72.1 Å². The third-order valence-electron chi connectivity index (χ3n) is 6.76. The number of benzene rings is 2. The highest BCUT2D eigenvalue weighted by atomic mass is 16.7. The van der Waals surface area contributed by atoms with Crippen molar-refractivity contribution in [3.05, 3.63) is 71.5 Å². The van der Waals surface area contributed by atoms with Gasteiger partial charge in [-0.3, -0.25) is 24.0 Å². The summed E-state index contributed by atoms with van der Waals surface area (Å²) in [5.41, 5.74) is 1.10. The van der Waals surface area contributed by atoms with Crippen molar-refractivity contribution in [1.82, 2.24) is 0 Å². The number of rotatable bonds is 14. The molecule has 0 bridgehead atoms. The molecule has 2 aromatic carbocycles. The second-order valence-corrected chi connectivity index (χ2v) is 10.7. The van der Waals surface area contributed by atoms with Crippen molar-refractivity contribution in [2.24, 2.45) is 0 Å². The summed E-state index contributed by atoms with van der Waals surface area (Å²) < 4.78 is 43.9. The maximum atomic E-state index is 12.3. The van der Waals surface area contributed by atoms with E-state index in [4.69, 9.17) is 37.9 Å². The molecule has 1 heterocycles. The zero-order chi connectivity index (χ0) is 37.0. The minimum Gasteiger partial charge on any atom is -0.508 e. The average Bonchev–Trinajstić information content (AvgIpc) is 3.04. The number of allylic oxidation sites excluding steroid dienone is 3. The first-order chi connectivity index (χ1) is 23.7. The molecule has 15 nitrogen and oxygen atoms in total. The molecular weight excluding hydrogens is 660 g/mol. The second kappa shape index (κ2) is 18.1. The fourth-order valence-electron chi connectivity index (χ4n) is 4.69. The van der Waals surface area contributed by atoms with Gasteiger partial charge in [-0.15, -0.1) is 0 Å². The van der Waals surface area contributed by atoms with Crippen LogP contribution in [0.4, 0.5) is 0 Å². The number of methoxy groups -OCH3 is 2. The summed E-state index contributed by atoms with van der Waals surface area (Å²) >= 11 is 0. The number of carbonyl (C=O) groups excluding carboxylic acids is 5. The number of phenolic OH excluding ortho intramolecular Hbond substituents is 1. The van der Waals surface area contributed by atoms with Gasteiger partial charge >= 0.3 is 23.9 Å². The van der Waals surface area contributed by atoms with Crippen molar-refractivity contribution >= 4 is 41.8 Å². The topological polar surface area (TPSA) is 200 Å². The first kappa shape index (κ1) is 38.6. The molecule has 0 aromatic heterocycles. The molecule has 0 aliphatic carbocycles. The van der Waals surface area contributed by atoms with Crippen LogP contribution >= 0.6 is 0 Å². The maximum absolute atomic E-state index is 12.3. The molecule has 0 radical (unpaired) electrons. The molecule has 15 heteroatoms. The maximum Gasteiger partial charge on any atom is 0.303 e. The highest BCUT2D eigenvalue weighted by molar-refractivity contribution is 6.02. The van der Waals surface area contributed by atoms with Gasteiger partial charge in [0.25, 0.3) is 0 Å². The predicted octanol–water partition coefficient (Wildman–Crippen LogP) is 3.61. The second-order valence-electron chi connectivity index (χ2n) is 10.7. The Bertz CT molecular complexity index is 1660. The number of carbonyl (C=O) groups is 5. The van der Waals surface area contributed by atoms with Crippen molar-refractivity contribution in [3.8, 4) is 23.0 Å². The van der Waals surface area contributed by atoms with E-state index in [2.05, 4.69) is 0 Å². The molecule has 2 aromatic rings. The third-order valence-corrected chi connectivity index (χ3v) is 6.76. The van der Waals surface area contributed by atoms with Crippen LogP contribution in [0, 0.1) is 0 Å². The Morgan fingerprint density at radius 3 is 1.88 bits per heavy atom. The standard InChI is InChI=1S/C35H38O15/c1-19(36)45-18-31-32(46-20(2)37)33(47-21(3)38)34(48-22(4)39)35(50-31)49-28-14-10-24(16-30(28)44-6)8-12-26(41)17-25(40)11-7-23-9-13-27(42)29(15-23)43-5/h7-17,31-35,41-42H,18H2,1-6H3/b11-7+,12-8+,26-17-/t31-,32+,33+,34-,35-/m1/s1. The fraction of sp³-hybridized carbons (Fsp3) is 0.343. The molecule has 0 amide bonds. The number of aliphatic hydroxyl groups is 1. The van der Waals surface area contributed by atoms with Crippen LogP contribution in [-0.4, -0.2) is 91.4 Å². The lowest BCUT2D eigenvalue weighted by atomic mass is 9.98. The van der Waals surface area contributed by atoms with E-state index in [1.165, 1.54) is 56.7 Å². The van der Waals surface area contributed by atoms with E-state index in [-0.39, 0.29) is 28.8 Å². The van der Waals surface area contributed by atoms with Gasteiger partial charge in [0.15, 0.2) is 41.0 Å². The lowest BCUT2D eigenvalue weighted by Crippen LogP contribution is -2.63. The van der Waals surface area contributed by atoms with Crippen LogP contribution in [0.15, 0.2) is 60.4 Å². The van der Waals surface area contributed by atoms with Gasteiger partial charge in [-0.05, 0) is 47.5 Å². The van der Waals surface area contributed by atoms with E-state index in [9.17, 15) is 34.2 Å². The van der Waals surface area contributed by atoms with Gasteiger partial charge in [0.2, 0.25) is 12.4 Å². The number of aromatic hydroxyl groups is 1. The Kier molecular flexibility index (Phi) is 14.0. The van der Waals surface area contributed by atoms with Crippen molar-refractivity contribution in [3.63, 3.8) is 0 Å². The van der Waals surface area contributed by atoms with Crippen LogP contribution in [0.3, 0.4) is 0 Å². The zero-order valence-electron chi connectivity index (χ0n) is 28.1. The summed E-state index contributed by atoms with van der Waals surface area (Å²) in [6, 6.07) is 9.14. The van der Waals surface area contributed by atoms with Gasteiger partial charge in [0.05, 0.1) is 14.2 Å². The molecule has 5 atom stereocenters.